The molecule has 0 aliphatic carbocycles. The van der Waals surface area contributed by atoms with Crippen LogP contribution in [-0.4, -0.2) is 75.2 Å². The number of unbranched alkanes of at least 4 members (excludes halogenated alkanes) is 1. The Labute approximate surface area is 165 Å². The van der Waals surface area contributed by atoms with Crippen LogP contribution in [0.5, 0.6) is 0 Å². The maximum atomic E-state index is 4.49. The molecule has 150 valence electrons. The molecule has 0 bridgehead atoms. The van der Waals surface area contributed by atoms with Crippen LogP contribution in [0.1, 0.15) is 32.6 Å². The highest BCUT2D eigenvalue weighted by Crippen LogP contribution is 2.16. The Bertz CT molecular complexity index is 565. The van der Waals surface area contributed by atoms with Gasteiger partial charge >= 0.3 is 0 Å². The molecule has 5 nitrogen and oxygen atoms in total. The van der Waals surface area contributed by atoms with E-state index in [2.05, 4.69) is 62.3 Å². The van der Waals surface area contributed by atoms with Crippen molar-refractivity contribution in [3.63, 3.8) is 0 Å². The van der Waals surface area contributed by atoms with Gasteiger partial charge in [0, 0.05) is 58.5 Å². The van der Waals surface area contributed by atoms with Crippen LogP contribution >= 0.6 is 0 Å². The van der Waals surface area contributed by atoms with E-state index < -0.39 is 0 Å². The van der Waals surface area contributed by atoms with E-state index in [-0.39, 0.29) is 0 Å². The van der Waals surface area contributed by atoms with Crippen molar-refractivity contribution in [2.75, 3.05) is 64.3 Å². The maximum Gasteiger partial charge on any atom is 0.193 e. The van der Waals surface area contributed by atoms with Gasteiger partial charge in [-0.25, -0.2) is 0 Å². The molecule has 2 heterocycles. The summed E-state index contributed by atoms with van der Waals surface area (Å²) in [4.78, 5) is 12.0. The lowest BCUT2D eigenvalue weighted by Crippen LogP contribution is -2.47. The Kier molecular flexibility index (Phi) is 7.81. The van der Waals surface area contributed by atoms with Gasteiger partial charge in [0.1, 0.15) is 0 Å². The normalized spacial score (nSPS) is 22.1. The minimum Gasteiger partial charge on any atom is -0.369 e. The van der Waals surface area contributed by atoms with Gasteiger partial charge in [-0.1, -0.05) is 25.1 Å². The van der Waals surface area contributed by atoms with Crippen molar-refractivity contribution < 1.29 is 0 Å². The van der Waals surface area contributed by atoms with Crippen molar-refractivity contribution in [2.45, 2.75) is 32.6 Å². The summed E-state index contributed by atoms with van der Waals surface area (Å²) in [6.07, 6.45) is 5.11. The molecule has 1 N–H and O–H groups in total. The monoisotopic (exact) mass is 371 g/mol. The van der Waals surface area contributed by atoms with E-state index in [1.807, 2.05) is 7.05 Å². The third-order valence-corrected chi connectivity index (χ3v) is 5.85. The molecular weight excluding hydrogens is 334 g/mol. The van der Waals surface area contributed by atoms with E-state index in [0.29, 0.717) is 0 Å². The molecule has 1 atom stereocenters. The topological polar surface area (TPSA) is 34.1 Å². The number of para-hydroxylation sites is 1. The second kappa shape index (κ2) is 10.5. The Morgan fingerprint density at radius 2 is 1.85 bits per heavy atom. The van der Waals surface area contributed by atoms with Crippen LogP contribution < -0.4 is 10.2 Å². The molecular formula is C22H37N5. The van der Waals surface area contributed by atoms with Crippen molar-refractivity contribution in [3.8, 4) is 0 Å². The smallest absolute Gasteiger partial charge is 0.193 e. The zero-order valence-corrected chi connectivity index (χ0v) is 17.2. The zero-order chi connectivity index (χ0) is 18.9. The first kappa shape index (κ1) is 20.0. The summed E-state index contributed by atoms with van der Waals surface area (Å²) in [6, 6.07) is 10.8. The predicted molar refractivity (Wildman–Crippen MR) is 116 cm³/mol. The van der Waals surface area contributed by atoms with E-state index in [0.717, 1.165) is 44.6 Å². The molecule has 0 radical (unpaired) electrons. The number of aliphatic imine (C=N–C) groups is 1. The highest BCUT2D eigenvalue weighted by Gasteiger charge is 2.19. The van der Waals surface area contributed by atoms with E-state index in [4.69, 9.17) is 0 Å². The van der Waals surface area contributed by atoms with Crippen LogP contribution in [0.2, 0.25) is 0 Å². The first-order chi connectivity index (χ1) is 13.3. The van der Waals surface area contributed by atoms with E-state index in [9.17, 15) is 0 Å². The average molecular weight is 372 g/mol. The number of benzene rings is 1. The molecule has 0 amide bonds. The minimum atomic E-state index is 0.784. The number of piperazine rings is 1. The molecule has 0 saturated carbocycles. The Morgan fingerprint density at radius 3 is 2.56 bits per heavy atom. The summed E-state index contributed by atoms with van der Waals surface area (Å²) >= 11 is 0. The summed E-state index contributed by atoms with van der Waals surface area (Å²) in [7, 11) is 1.91. The van der Waals surface area contributed by atoms with E-state index >= 15 is 0 Å². The second-order valence-corrected chi connectivity index (χ2v) is 8.04. The number of piperidine rings is 1. The number of anilines is 1. The Morgan fingerprint density at radius 1 is 1.07 bits per heavy atom. The highest BCUT2D eigenvalue weighted by molar-refractivity contribution is 5.79. The SMILES string of the molecule is CN=C(NCCCCN1CCN(c2ccccc2)CC1)N1CCCC(C)C1. The molecule has 0 spiro atoms. The van der Waals surface area contributed by atoms with Crippen LogP contribution in [0.4, 0.5) is 5.69 Å². The van der Waals surface area contributed by atoms with Gasteiger partial charge in [0.25, 0.3) is 0 Å². The fourth-order valence-corrected chi connectivity index (χ4v) is 4.24. The van der Waals surface area contributed by atoms with Gasteiger partial charge in [-0.05, 0) is 50.3 Å². The van der Waals surface area contributed by atoms with Gasteiger partial charge in [0.05, 0.1) is 0 Å². The molecule has 1 aromatic carbocycles. The molecule has 2 saturated heterocycles. The molecule has 5 heteroatoms. The van der Waals surface area contributed by atoms with Crippen molar-refractivity contribution in [1.29, 1.82) is 0 Å². The average Bonchev–Trinajstić information content (AvgIpc) is 2.72. The Balaban J connectivity index is 1.28. The Hall–Kier alpha value is -1.75. The highest BCUT2D eigenvalue weighted by atomic mass is 15.3. The maximum absolute atomic E-state index is 4.49. The minimum absolute atomic E-state index is 0.784. The predicted octanol–water partition coefficient (Wildman–Crippen LogP) is 2.90. The van der Waals surface area contributed by atoms with Crippen LogP contribution in [0, 0.1) is 5.92 Å². The molecule has 3 rings (SSSR count). The number of nitrogens with zero attached hydrogens (tertiary/aromatic N) is 4. The molecule has 2 fully saturated rings. The van der Waals surface area contributed by atoms with Crippen LogP contribution in [0.3, 0.4) is 0 Å². The largest absolute Gasteiger partial charge is 0.369 e. The molecule has 1 aromatic rings. The van der Waals surface area contributed by atoms with Gasteiger partial charge in [-0.2, -0.15) is 0 Å². The number of guanidine groups is 1. The zero-order valence-electron chi connectivity index (χ0n) is 17.2. The van der Waals surface area contributed by atoms with Gasteiger partial charge < -0.3 is 15.1 Å². The lowest BCUT2D eigenvalue weighted by Gasteiger charge is -2.36. The number of hydrogen-bond donors (Lipinski definition) is 1. The number of hydrogen-bond acceptors (Lipinski definition) is 3. The van der Waals surface area contributed by atoms with Crippen LogP contribution in [0.25, 0.3) is 0 Å². The standard InChI is InChI=1S/C22H37N5/c1-20-9-8-14-27(19-20)22(23-2)24-12-6-7-13-25-15-17-26(18-16-25)21-10-4-3-5-11-21/h3-5,10-11,20H,6-9,12-19H2,1-2H3,(H,23,24). The van der Waals surface area contributed by atoms with E-state index in [1.165, 1.54) is 51.0 Å². The molecule has 1 unspecified atom stereocenters. The fraction of sp³-hybridized carbons (Fsp3) is 0.682. The number of nitrogens with one attached hydrogen (secondary N) is 1. The third-order valence-electron chi connectivity index (χ3n) is 5.85. The summed E-state index contributed by atoms with van der Waals surface area (Å²) in [6.45, 7) is 11.5. The van der Waals surface area contributed by atoms with Gasteiger partial charge in [-0.3, -0.25) is 9.89 Å². The molecule has 27 heavy (non-hydrogen) atoms. The quantitative estimate of drug-likeness (QED) is 0.474. The summed E-state index contributed by atoms with van der Waals surface area (Å²) in [5.41, 5.74) is 1.36. The fourth-order valence-electron chi connectivity index (χ4n) is 4.24. The lowest BCUT2D eigenvalue weighted by atomic mass is 10.0. The van der Waals surface area contributed by atoms with Gasteiger partial charge in [0.15, 0.2) is 5.96 Å². The summed E-state index contributed by atoms with van der Waals surface area (Å²) < 4.78 is 0. The van der Waals surface area contributed by atoms with Crippen molar-refractivity contribution in [3.05, 3.63) is 30.3 Å². The second-order valence-electron chi connectivity index (χ2n) is 8.04. The van der Waals surface area contributed by atoms with Gasteiger partial charge in [0.2, 0.25) is 0 Å². The lowest BCUT2D eigenvalue weighted by molar-refractivity contribution is 0.251. The summed E-state index contributed by atoms with van der Waals surface area (Å²) in [5.74, 6) is 1.88. The number of rotatable bonds is 6. The van der Waals surface area contributed by atoms with Gasteiger partial charge in [-0.15, -0.1) is 0 Å². The van der Waals surface area contributed by atoms with Crippen LogP contribution in [0.15, 0.2) is 35.3 Å². The first-order valence-corrected chi connectivity index (χ1v) is 10.7. The van der Waals surface area contributed by atoms with Crippen molar-refractivity contribution in [2.24, 2.45) is 10.9 Å². The van der Waals surface area contributed by atoms with E-state index in [1.54, 1.807) is 0 Å². The van der Waals surface area contributed by atoms with Crippen molar-refractivity contribution in [1.82, 2.24) is 15.1 Å². The number of likely N-dealkylation sites (tertiary alicyclic amines) is 1. The van der Waals surface area contributed by atoms with Crippen molar-refractivity contribution >= 4 is 11.6 Å². The summed E-state index contributed by atoms with van der Waals surface area (Å²) in [5, 5.41) is 3.58. The third kappa shape index (κ3) is 6.13. The van der Waals surface area contributed by atoms with Crippen LogP contribution in [-0.2, 0) is 0 Å². The first-order valence-electron chi connectivity index (χ1n) is 10.7. The molecule has 2 aliphatic rings. The molecule has 0 aromatic heterocycles. The molecule has 2 aliphatic heterocycles.